The summed E-state index contributed by atoms with van der Waals surface area (Å²) in [7, 11) is 1.84. The Morgan fingerprint density at radius 2 is 1.97 bits per heavy atom. The van der Waals surface area contributed by atoms with Gasteiger partial charge in [-0.25, -0.2) is 14.6 Å². The van der Waals surface area contributed by atoms with E-state index in [0.29, 0.717) is 48.1 Å². The average molecular weight is 515 g/mol. The molecule has 0 bridgehead atoms. The minimum Gasteiger partial charge on any atom is -0.489 e. The number of rotatable bonds is 9. The van der Waals surface area contributed by atoms with Crippen LogP contribution in [0.2, 0.25) is 0 Å². The summed E-state index contributed by atoms with van der Waals surface area (Å²) in [6, 6.07) is 17.0. The SMILES string of the molecule is Cc1nc(-c2nnn(C)c2CNc2cc(Oc3ccccc3)ccn2)ccc1O[C@H]1CCC[C@H](C(=O)O)C1. The fourth-order valence-electron chi connectivity index (χ4n) is 4.60. The van der Waals surface area contributed by atoms with E-state index < -0.39 is 5.97 Å². The lowest BCUT2D eigenvalue weighted by Gasteiger charge is -2.27. The molecule has 0 amide bonds. The Hall–Kier alpha value is -4.47. The van der Waals surface area contributed by atoms with Crippen LogP contribution in [-0.4, -0.2) is 42.1 Å². The van der Waals surface area contributed by atoms with E-state index in [4.69, 9.17) is 14.5 Å². The highest BCUT2D eigenvalue weighted by Crippen LogP contribution is 2.31. The van der Waals surface area contributed by atoms with Crippen molar-refractivity contribution in [1.82, 2.24) is 25.0 Å². The summed E-state index contributed by atoms with van der Waals surface area (Å²) in [4.78, 5) is 20.5. The molecule has 0 aliphatic heterocycles. The second kappa shape index (κ2) is 11.3. The predicted octanol–water partition coefficient (Wildman–Crippen LogP) is 5.01. The van der Waals surface area contributed by atoms with Gasteiger partial charge < -0.3 is 19.9 Å². The highest BCUT2D eigenvalue weighted by atomic mass is 16.5. The number of carboxylic acid groups (broad SMARTS) is 1. The number of aryl methyl sites for hydroxylation is 2. The van der Waals surface area contributed by atoms with Crippen LogP contribution in [0.15, 0.2) is 60.8 Å². The molecule has 3 heterocycles. The van der Waals surface area contributed by atoms with Crippen molar-refractivity contribution < 1.29 is 19.4 Å². The number of aromatic nitrogens is 5. The molecule has 1 aromatic carbocycles. The molecule has 1 saturated carbocycles. The Morgan fingerprint density at radius 1 is 1.13 bits per heavy atom. The third kappa shape index (κ3) is 5.91. The molecular weight excluding hydrogens is 484 g/mol. The lowest BCUT2D eigenvalue weighted by molar-refractivity contribution is -0.143. The molecule has 196 valence electrons. The fourth-order valence-corrected chi connectivity index (χ4v) is 4.60. The van der Waals surface area contributed by atoms with Crippen molar-refractivity contribution in [3.05, 3.63) is 72.2 Å². The number of hydrogen-bond acceptors (Lipinski definition) is 8. The maximum Gasteiger partial charge on any atom is 0.306 e. The van der Waals surface area contributed by atoms with Crippen molar-refractivity contribution in [2.45, 2.75) is 45.3 Å². The molecule has 0 radical (unpaired) electrons. The topological polar surface area (TPSA) is 124 Å². The number of benzene rings is 1. The molecule has 3 aromatic heterocycles. The van der Waals surface area contributed by atoms with E-state index in [0.717, 1.165) is 30.0 Å². The van der Waals surface area contributed by atoms with Crippen molar-refractivity contribution in [1.29, 1.82) is 0 Å². The zero-order chi connectivity index (χ0) is 26.5. The molecule has 0 unspecified atom stereocenters. The maximum absolute atomic E-state index is 11.4. The van der Waals surface area contributed by atoms with Gasteiger partial charge in [0, 0.05) is 19.3 Å². The Balaban J connectivity index is 1.27. The molecule has 1 aliphatic carbocycles. The molecule has 10 nitrogen and oxygen atoms in total. The Morgan fingerprint density at radius 3 is 2.76 bits per heavy atom. The van der Waals surface area contributed by atoms with Crippen molar-refractivity contribution in [3.63, 3.8) is 0 Å². The van der Waals surface area contributed by atoms with Gasteiger partial charge in [0.15, 0.2) is 0 Å². The van der Waals surface area contributed by atoms with Gasteiger partial charge in [0.1, 0.15) is 28.8 Å². The van der Waals surface area contributed by atoms with E-state index >= 15 is 0 Å². The van der Waals surface area contributed by atoms with E-state index in [1.54, 1.807) is 16.9 Å². The third-order valence-electron chi connectivity index (χ3n) is 6.64. The zero-order valence-corrected chi connectivity index (χ0v) is 21.4. The summed E-state index contributed by atoms with van der Waals surface area (Å²) in [5.41, 5.74) is 2.91. The van der Waals surface area contributed by atoms with Crippen LogP contribution < -0.4 is 14.8 Å². The van der Waals surface area contributed by atoms with E-state index in [1.165, 1.54) is 0 Å². The second-order valence-corrected chi connectivity index (χ2v) is 9.38. The molecular formula is C28H30N6O4. The molecule has 1 fully saturated rings. The number of nitrogens with one attached hydrogen (secondary N) is 1. The zero-order valence-electron chi connectivity index (χ0n) is 21.4. The molecule has 38 heavy (non-hydrogen) atoms. The number of carbonyl (C=O) groups is 1. The van der Waals surface area contributed by atoms with Gasteiger partial charge in [-0.15, -0.1) is 5.10 Å². The van der Waals surface area contributed by atoms with E-state index in [9.17, 15) is 9.90 Å². The van der Waals surface area contributed by atoms with E-state index in [-0.39, 0.29) is 12.0 Å². The van der Waals surface area contributed by atoms with Crippen LogP contribution in [-0.2, 0) is 18.4 Å². The van der Waals surface area contributed by atoms with Gasteiger partial charge in [-0.1, -0.05) is 23.4 Å². The van der Waals surface area contributed by atoms with E-state index in [2.05, 4.69) is 20.6 Å². The third-order valence-corrected chi connectivity index (χ3v) is 6.64. The number of carboxylic acids is 1. The maximum atomic E-state index is 11.4. The van der Waals surface area contributed by atoms with E-state index in [1.807, 2.05) is 62.5 Å². The number of nitrogens with zero attached hydrogens (tertiary/aromatic N) is 5. The lowest BCUT2D eigenvalue weighted by atomic mass is 9.87. The summed E-state index contributed by atoms with van der Waals surface area (Å²) in [6.45, 7) is 2.31. The first-order valence-corrected chi connectivity index (χ1v) is 12.6. The van der Waals surface area contributed by atoms with Gasteiger partial charge in [-0.3, -0.25) is 4.79 Å². The normalized spacial score (nSPS) is 17.1. The van der Waals surface area contributed by atoms with Crippen molar-refractivity contribution in [2.75, 3.05) is 5.32 Å². The average Bonchev–Trinajstić information content (AvgIpc) is 3.29. The van der Waals surface area contributed by atoms with Crippen LogP contribution in [0.25, 0.3) is 11.4 Å². The Labute approximate surface area is 220 Å². The Kier molecular flexibility index (Phi) is 7.48. The fraction of sp³-hybridized carbons (Fsp3) is 0.321. The molecule has 1 aliphatic rings. The number of aliphatic carboxylic acids is 1. The number of pyridine rings is 2. The molecule has 0 saturated heterocycles. The first kappa shape index (κ1) is 25.2. The first-order chi connectivity index (χ1) is 18.5. The number of anilines is 1. The minimum atomic E-state index is -0.752. The summed E-state index contributed by atoms with van der Waals surface area (Å²) in [5, 5.41) is 21.2. The monoisotopic (exact) mass is 514 g/mol. The van der Waals surface area contributed by atoms with Gasteiger partial charge in [-0.2, -0.15) is 0 Å². The van der Waals surface area contributed by atoms with Crippen LogP contribution in [0.3, 0.4) is 0 Å². The number of para-hydroxylation sites is 1. The molecule has 0 spiro atoms. The highest BCUT2D eigenvalue weighted by molar-refractivity contribution is 5.70. The molecule has 5 rings (SSSR count). The minimum absolute atomic E-state index is 0.124. The Bertz CT molecular complexity index is 1410. The van der Waals surface area contributed by atoms with Crippen molar-refractivity contribution in [3.8, 4) is 28.6 Å². The number of ether oxygens (including phenoxy) is 2. The quantitative estimate of drug-likeness (QED) is 0.317. The smallest absolute Gasteiger partial charge is 0.306 e. The van der Waals surface area contributed by atoms with Gasteiger partial charge in [0.2, 0.25) is 0 Å². The second-order valence-electron chi connectivity index (χ2n) is 9.38. The lowest BCUT2D eigenvalue weighted by Crippen LogP contribution is -2.29. The van der Waals surface area contributed by atoms with Crippen LogP contribution in [0.1, 0.15) is 37.1 Å². The van der Waals surface area contributed by atoms with Crippen molar-refractivity contribution in [2.24, 2.45) is 13.0 Å². The molecule has 2 atom stereocenters. The molecule has 4 aromatic rings. The standard InChI is InChI=1S/C28H30N6O4/c1-18-25(38-21-10-6-7-19(15-21)28(35)36)12-11-23(31-18)27-24(34(2)33-32-27)17-30-26-16-22(13-14-29-26)37-20-8-4-3-5-9-20/h3-5,8-9,11-14,16,19,21H,6-7,10,15,17H2,1-2H3,(H,29,30)(H,35,36)/t19-,21-/m0/s1. The largest absolute Gasteiger partial charge is 0.489 e. The van der Waals surface area contributed by atoms with Crippen molar-refractivity contribution >= 4 is 11.8 Å². The van der Waals surface area contributed by atoms with Crippen LogP contribution in [0.4, 0.5) is 5.82 Å². The van der Waals surface area contributed by atoms with Gasteiger partial charge in [0.05, 0.1) is 35.6 Å². The van der Waals surface area contributed by atoms with Gasteiger partial charge in [-0.05, 0) is 62.9 Å². The van der Waals surface area contributed by atoms with Crippen LogP contribution in [0.5, 0.6) is 17.2 Å². The van der Waals surface area contributed by atoms with Crippen LogP contribution >= 0.6 is 0 Å². The molecule has 2 N–H and O–H groups in total. The number of hydrogen-bond donors (Lipinski definition) is 2. The van der Waals surface area contributed by atoms with Gasteiger partial charge in [0.25, 0.3) is 0 Å². The van der Waals surface area contributed by atoms with Crippen LogP contribution in [0, 0.1) is 12.8 Å². The highest BCUT2D eigenvalue weighted by Gasteiger charge is 2.28. The summed E-state index contributed by atoms with van der Waals surface area (Å²) >= 11 is 0. The predicted molar refractivity (Wildman–Crippen MR) is 141 cm³/mol. The molecule has 10 heteroatoms. The van der Waals surface area contributed by atoms with Gasteiger partial charge >= 0.3 is 5.97 Å². The summed E-state index contributed by atoms with van der Waals surface area (Å²) in [6.07, 6.45) is 4.48. The first-order valence-electron chi connectivity index (χ1n) is 12.6. The summed E-state index contributed by atoms with van der Waals surface area (Å²) in [5.74, 6) is 1.65. The summed E-state index contributed by atoms with van der Waals surface area (Å²) < 4.78 is 13.8.